The summed E-state index contributed by atoms with van der Waals surface area (Å²) in [6, 6.07) is 0. The number of hydrogen-bond acceptors (Lipinski definition) is 5. The number of carbonyl (C=O) groups excluding carboxylic acids is 2. The topological polar surface area (TPSA) is 72.8 Å². The van der Waals surface area contributed by atoms with Crippen LogP contribution in [0.15, 0.2) is 12.2 Å². The van der Waals surface area contributed by atoms with Crippen molar-refractivity contribution in [2.24, 2.45) is 16.2 Å². The van der Waals surface area contributed by atoms with Crippen molar-refractivity contribution in [3.05, 3.63) is 12.2 Å². The monoisotopic (exact) mass is 360 g/mol. The smallest absolute Gasteiger partial charge is 0.333 e. The Labute approximate surface area is 154 Å². The van der Waals surface area contributed by atoms with Crippen molar-refractivity contribution in [2.45, 2.75) is 88.9 Å². The average molecular weight is 360 g/mol. The number of aliphatic hydroxyl groups is 1. The van der Waals surface area contributed by atoms with E-state index in [2.05, 4.69) is 20.4 Å². The van der Waals surface area contributed by atoms with Crippen molar-refractivity contribution in [3.8, 4) is 0 Å². The van der Waals surface area contributed by atoms with Crippen LogP contribution in [0.2, 0.25) is 0 Å². The van der Waals surface area contributed by atoms with Gasteiger partial charge in [-0.05, 0) is 49.9 Å². The van der Waals surface area contributed by atoms with Crippen LogP contribution < -0.4 is 0 Å². The van der Waals surface area contributed by atoms with Crippen molar-refractivity contribution < 1.29 is 24.2 Å². The number of ether oxygens (including phenoxy) is 2. The third kappa shape index (κ3) is 2.07. The van der Waals surface area contributed by atoms with E-state index < -0.39 is 28.2 Å². The van der Waals surface area contributed by atoms with Gasteiger partial charge in [-0.1, -0.05) is 20.4 Å². The Morgan fingerprint density at radius 3 is 1.96 bits per heavy atom. The number of fused-ring (bicyclic) bond motifs is 1. The molecule has 0 aromatic carbocycles. The van der Waals surface area contributed by atoms with Gasteiger partial charge in [0.05, 0.1) is 5.60 Å². The molecule has 6 saturated carbocycles. The largest absolute Gasteiger partial charge is 0.458 e. The van der Waals surface area contributed by atoms with Crippen molar-refractivity contribution in [1.82, 2.24) is 0 Å². The molecule has 0 spiro atoms. The molecule has 0 radical (unpaired) electrons. The first-order chi connectivity index (χ1) is 11.9. The Bertz CT molecular complexity index is 705. The maximum absolute atomic E-state index is 13.0. The number of esters is 2. The normalized spacial score (nSPS) is 55.1. The fourth-order valence-electron chi connectivity index (χ4n) is 7.53. The fourth-order valence-corrected chi connectivity index (χ4v) is 7.53. The van der Waals surface area contributed by atoms with Gasteiger partial charge in [-0.15, -0.1) is 0 Å². The first-order valence-corrected chi connectivity index (χ1v) is 9.71. The van der Waals surface area contributed by atoms with Crippen molar-refractivity contribution >= 4 is 11.9 Å². The summed E-state index contributed by atoms with van der Waals surface area (Å²) in [5, 5.41) is 11.1. The molecule has 0 saturated heterocycles. The standard InChI is InChI=1S/C21H28O5/c1-13(2)14(22)25-21-11-20(21,12-21)15(23)26-19-8-16(3)5-17(4,9-19)7-18(24,6-16)10-19/h24H,1,5-12H2,2-4H3. The van der Waals surface area contributed by atoms with Crippen molar-refractivity contribution in [3.63, 3.8) is 0 Å². The van der Waals surface area contributed by atoms with Gasteiger partial charge in [-0.3, -0.25) is 4.79 Å². The van der Waals surface area contributed by atoms with Gasteiger partial charge < -0.3 is 14.6 Å². The van der Waals surface area contributed by atoms with Crippen molar-refractivity contribution in [1.29, 1.82) is 0 Å². The zero-order valence-electron chi connectivity index (χ0n) is 15.9. The van der Waals surface area contributed by atoms with E-state index in [-0.39, 0.29) is 16.8 Å². The summed E-state index contributed by atoms with van der Waals surface area (Å²) < 4.78 is 11.7. The highest BCUT2D eigenvalue weighted by Crippen LogP contribution is 2.82. The third-order valence-electron chi connectivity index (χ3n) is 7.65. The predicted molar refractivity (Wildman–Crippen MR) is 93.0 cm³/mol. The molecule has 0 aromatic heterocycles. The van der Waals surface area contributed by atoms with E-state index in [1.54, 1.807) is 6.92 Å². The van der Waals surface area contributed by atoms with Gasteiger partial charge >= 0.3 is 11.9 Å². The molecule has 0 aromatic rings. The van der Waals surface area contributed by atoms with Crippen LogP contribution in [-0.2, 0) is 19.1 Å². The van der Waals surface area contributed by atoms with E-state index in [4.69, 9.17) is 9.47 Å². The molecule has 5 heteroatoms. The molecule has 2 atom stereocenters. The van der Waals surface area contributed by atoms with Gasteiger partial charge in [0.25, 0.3) is 0 Å². The van der Waals surface area contributed by atoms with Crippen LogP contribution in [0.1, 0.15) is 72.1 Å². The summed E-state index contributed by atoms with van der Waals surface area (Å²) >= 11 is 0. The van der Waals surface area contributed by atoms with Crippen LogP contribution in [0.3, 0.4) is 0 Å². The van der Waals surface area contributed by atoms with E-state index in [0.29, 0.717) is 24.8 Å². The van der Waals surface area contributed by atoms with Crippen LogP contribution in [0.25, 0.3) is 0 Å². The number of carbonyl (C=O) groups is 2. The molecule has 6 rings (SSSR count). The highest BCUT2D eigenvalue weighted by atomic mass is 16.6. The van der Waals surface area contributed by atoms with Gasteiger partial charge in [0.15, 0.2) is 0 Å². The molecule has 1 N–H and O–H groups in total. The lowest BCUT2D eigenvalue weighted by Crippen LogP contribution is -2.66. The minimum absolute atomic E-state index is 0.0345. The lowest BCUT2D eigenvalue weighted by molar-refractivity contribution is -0.261. The Morgan fingerprint density at radius 2 is 1.46 bits per heavy atom. The molecule has 6 fully saturated rings. The van der Waals surface area contributed by atoms with Gasteiger partial charge in [0.1, 0.15) is 16.6 Å². The Balaban J connectivity index is 1.34. The molecule has 0 aliphatic heterocycles. The average Bonchev–Trinajstić information content (AvgIpc) is 3.18. The van der Waals surface area contributed by atoms with E-state index in [1.165, 1.54) is 0 Å². The Morgan fingerprint density at radius 1 is 0.885 bits per heavy atom. The molecule has 0 heterocycles. The summed E-state index contributed by atoms with van der Waals surface area (Å²) in [5.74, 6) is -0.661. The minimum Gasteiger partial charge on any atom is -0.458 e. The Kier molecular flexibility index (Phi) is 2.72. The van der Waals surface area contributed by atoms with Crippen LogP contribution in [-0.4, -0.2) is 33.8 Å². The van der Waals surface area contributed by atoms with Crippen LogP contribution >= 0.6 is 0 Å². The molecule has 6 aliphatic carbocycles. The molecule has 6 aliphatic rings. The lowest BCUT2D eigenvalue weighted by Gasteiger charge is -2.67. The zero-order valence-corrected chi connectivity index (χ0v) is 15.9. The molecule has 142 valence electrons. The highest BCUT2D eigenvalue weighted by molar-refractivity contribution is 5.93. The van der Waals surface area contributed by atoms with Gasteiger partial charge in [-0.25, -0.2) is 4.79 Å². The summed E-state index contributed by atoms with van der Waals surface area (Å²) in [7, 11) is 0. The fraction of sp³-hybridized carbons (Fsp3) is 0.810. The summed E-state index contributed by atoms with van der Waals surface area (Å²) in [6.07, 6.45) is 6.04. The van der Waals surface area contributed by atoms with Gasteiger partial charge in [-0.2, -0.15) is 0 Å². The number of hydrogen-bond donors (Lipinski definition) is 1. The third-order valence-corrected chi connectivity index (χ3v) is 7.65. The minimum atomic E-state index is -0.715. The first kappa shape index (κ1) is 16.8. The molecular weight excluding hydrogens is 332 g/mol. The maximum atomic E-state index is 13.0. The molecule has 2 unspecified atom stereocenters. The van der Waals surface area contributed by atoms with E-state index in [1.807, 2.05) is 0 Å². The second kappa shape index (κ2) is 4.21. The van der Waals surface area contributed by atoms with E-state index in [0.717, 1.165) is 32.1 Å². The van der Waals surface area contributed by atoms with Crippen LogP contribution in [0.4, 0.5) is 0 Å². The molecule has 0 amide bonds. The second-order valence-electron chi connectivity index (χ2n) is 11.1. The van der Waals surface area contributed by atoms with E-state index >= 15 is 0 Å². The van der Waals surface area contributed by atoms with Crippen LogP contribution in [0, 0.1) is 16.2 Å². The van der Waals surface area contributed by atoms with Gasteiger partial charge in [0.2, 0.25) is 0 Å². The summed E-state index contributed by atoms with van der Waals surface area (Å²) in [5.41, 5.74) is -2.14. The van der Waals surface area contributed by atoms with Crippen molar-refractivity contribution in [2.75, 3.05) is 0 Å². The zero-order chi connectivity index (χ0) is 18.8. The maximum Gasteiger partial charge on any atom is 0.333 e. The molecule has 4 bridgehead atoms. The summed E-state index contributed by atoms with van der Waals surface area (Å²) in [6.45, 7) is 9.66. The van der Waals surface area contributed by atoms with Crippen LogP contribution in [0.5, 0.6) is 0 Å². The van der Waals surface area contributed by atoms with E-state index in [9.17, 15) is 14.7 Å². The lowest BCUT2D eigenvalue weighted by atomic mass is 9.42. The predicted octanol–water partition coefficient (Wildman–Crippen LogP) is 3.05. The first-order valence-electron chi connectivity index (χ1n) is 9.71. The quantitative estimate of drug-likeness (QED) is 0.616. The highest BCUT2D eigenvalue weighted by Gasteiger charge is 2.92. The SMILES string of the molecule is C=C(C)C(=O)OC12CC1(C(=O)OC13CC4(C)CC(C)(CC(O)(C4)C1)C3)C2. The van der Waals surface area contributed by atoms with Gasteiger partial charge in [0, 0.05) is 24.8 Å². The Hall–Kier alpha value is -1.36. The summed E-state index contributed by atoms with van der Waals surface area (Å²) in [4.78, 5) is 24.8. The molecular formula is C21H28O5. The molecule has 5 nitrogen and oxygen atoms in total. The molecule has 26 heavy (non-hydrogen) atoms. The second-order valence-corrected chi connectivity index (χ2v) is 11.1. The number of rotatable bonds is 4.